The molecule has 0 aromatic heterocycles. The van der Waals surface area contributed by atoms with Crippen LogP contribution in [0.5, 0.6) is 0 Å². The SMILES string of the molecule is NC(=S)NC(=O)c1ccccc1Cl. The molecule has 1 amide bonds. The Morgan fingerprint density at radius 3 is 2.62 bits per heavy atom. The number of rotatable bonds is 1. The summed E-state index contributed by atoms with van der Waals surface area (Å²) in [6.07, 6.45) is 0. The second kappa shape index (κ2) is 4.20. The van der Waals surface area contributed by atoms with Gasteiger partial charge in [-0.3, -0.25) is 10.1 Å². The van der Waals surface area contributed by atoms with E-state index < -0.39 is 5.91 Å². The molecule has 0 spiro atoms. The first-order valence-electron chi connectivity index (χ1n) is 3.46. The van der Waals surface area contributed by atoms with Gasteiger partial charge in [0.05, 0.1) is 10.6 Å². The molecule has 0 aliphatic carbocycles. The lowest BCUT2D eigenvalue weighted by molar-refractivity contribution is 0.0977. The average Bonchev–Trinajstić information content (AvgIpc) is 2.03. The molecule has 68 valence electrons. The monoisotopic (exact) mass is 214 g/mol. The summed E-state index contributed by atoms with van der Waals surface area (Å²) >= 11 is 10.3. The van der Waals surface area contributed by atoms with Crippen molar-refractivity contribution in [3.05, 3.63) is 34.9 Å². The minimum absolute atomic E-state index is 0.0649. The highest BCUT2D eigenvalue weighted by Crippen LogP contribution is 2.14. The highest BCUT2D eigenvalue weighted by atomic mass is 35.5. The van der Waals surface area contributed by atoms with Crippen molar-refractivity contribution in [3.8, 4) is 0 Å². The van der Waals surface area contributed by atoms with Gasteiger partial charge in [0.25, 0.3) is 5.91 Å². The number of hydrogen-bond acceptors (Lipinski definition) is 2. The standard InChI is InChI=1S/C8H7ClN2OS/c9-6-4-2-1-3-5(6)7(12)11-8(10)13/h1-4H,(H3,10,11,12,13). The minimum Gasteiger partial charge on any atom is -0.376 e. The molecule has 0 bridgehead atoms. The molecule has 0 heterocycles. The zero-order chi connectivity index (χ0) is 9.84. The molecule has 3 N–H and O–H groups in total. The Balaban J connectivity index is 2.89. The van der Waals surface area contributed by atoms with E-state index in [2.05, 4.69) is 17.5 Å². The van der Waals surface area contributed by atoms with E-state index in [0.717, 1.165) is 0 Å². The van der Waals surface area contributed by atoms with Crippen LogP contribution in [0.3, 0.4) is 0 Å². The molecule has 0 fully saturated rings. The van der Waals surface area contributed by atoms with Gasteiger partial charge in [-0.1, -0.05) is 23.7 Å². The van der Waals surface area contributed by atoms with Gasteiger partial charge < -0.3 is 5.73 Å². The number of thiocarbonyl (C=S) groups is 1. The summed E-state index contributed by atoms with van der Waals surface area (Å²) in [5.41, 5.74) is 5.50. The summed E-state index contributed by atoms with van der Waals surface area (Å²) in [6.45, 7) is 0. The van der Waals surface area contributed by atoms with Crippen LogP contribution in [0.2, 0.25) is 5.02 Å². The molecule has 0 atom stereocenters. The second-order valence-corrected chi connectivity index (χ2v) is 3.15. The Hall–Kier alpha value is -1.13. The zero-order valence-corrected chi connectivity index (χ0v) is 8.15. The van der Waals surface area contributed by atoms with Gasteiger partial charge >= 0.3 is 0 Å². The van der Waals surface area contributed by atoms with E-state index in [1.54, 1.807) is 24.3 Å². The molecule has 5 heteroatoms. The Bertz CT molecular complexity index is 354. The quantitative estimate of drug-likeness (QED) is 0.694. The lowest BCUT2D eigenvalue weighted by Crippen LogP contribution is -2.34. The van der Waals surface area contributed by atoms with Crippen molar-refractivity contribution in [2.75, 3.05) is 0 Å². The summed E-state index contributed by atoms with van der Waals surface area (Å²) < 4.78 is 0. The van der Waals surface area contributed by atoms with Gasteiger partial charge in [-0.15, -0.1) is 0 Å². The fourth-order valence-corrected chi connectivity index (χ4v) is 1.14. The Labute approximate surface area is 85.9 Å². The summed E-state index contributed by atoms with van der Waals surface area (Å²) in [4.78, 5) is 11.3. The van der Waals surface area contributed by atoms with Gasteiger partial charge in [-0.25, -0.2) is 0 Å². The number of benzene rings is 1. The first-order valence-corrected chi connectivity index (χ1v) is 4.25. The van der Waals surface area contributed by atoms with Crippen LogP contribution < -0.4 is 11.1 Å². The lowest BCUT2D eigenvalue weighted by atomic mass is 10.2. The normalized spacial score (nSPS) is 9.31. The summed E-state index contributed by atoms with van der Waals surface area (Å²) in [5, 5.41) is 2.59. The molecule has 0 radical (unpaired) electrons. The van der Waals surface area contributed by atoms with Crippen molar-refractivity contribution in [1.29, 1.82) is 0 Å². The smallest absolute Gasteiger partial charge is 0.258 e. The third-order valence-corrected chi connectivity index (χ3v) is 1.79. The first-order chi connectivity index (χ1) is 6.11. The molecule has 13 heavy (non-hydrogen) atoms. The van der Waals surface area contributed by atoms with Crippen LogP contribution in [-0.2, 0) is 0 Å². The van der Waals surface area contributed by atoms with Crippen molar-refractivity contribution in [2.45, 2.75) is 0 Å². The maximum atomic E-state index is 11.3. The summed E-state index contributed by atoms with van der Waals surface area (Å²) in [6, 6.07) is 6.66. The number of nitrogens with two attached hydrogens (primary N) is 1. The van der Waals surface area contributed by atoms with E-state index in [1.807, 2.05) is 0 Å². The molecule has 0 unspecified atom stereocenters. The molecule has 0 aliphatic rings. The minimum atomic E-state index is -0.391. The Morgan fingerprint density at radius 1 is 1.46 bits per heavy atom. The van der Waals surface area contributed by atoms with E-state index in [-0.39, 0.29) is 5.11 Å². The van der Waals surface area contributed by atoms with Gasteiger partial charge in [-0.05, 0) is 24.4 Å². The second-order valence-electron chi connectivity index (χ2n) is 2.30. The highest BCUT2D eigenvalue weighted by molar-refractivity contribution is 7.80. The van der Waals surface area contributed by atoms with Gasteiger partial charge in [0, 0.05) is 0 Å². The molecule has 3 nitrogen and oxygen atoms in total. The van der Waals surface area contributed by atoms with Crippen LogP contribution in [0, 0.1) is 0 Å². The van der Waals surface area contributed by atoms with Crippen LogP contribution in [0.4, 0.5) is 0 Å². The molecule has 1 aromatic carbocycles. The van der Waals surface area contributed by atoms with Crippen molar-refractivity contribution < 1.29 is 4.79 Å². The Morgan fingerprint density at radius 2 is 2.08 bits per heavy atom. The molecule has 1 aromatic rings. The highest BCUT2D eigenvalue weighted by Gasteiger charge is 2.08. The maximum Gasteiger partial charge on any atom is 0.258 e. The van der Waals surface area contributed by atoms with E-state index in [9.17, 15) is 4.79 Å². The van der Waals surface area contributed by atoms with Crippen LogP contribution in [0.15, 0.2) is 24.3 Å². The predicted octanol–water partition coefficient (Wildman–Crippen LogP) is 1.31. The molecule has 0 saturated carbocycles. The van der Waals surface area contributed by atoms with Crippen LogP contribution in [0.25, 0.3) is 0 Å². The molecule has 0 saturated heterocycles. The van der Waals surface area contributed by atoms with Crippen molar-refractivity contribution in [3.63, 3.8) is 0 Å². The zero-order valence-electron chi connectivity index (χ0n) is 6.58. The molecular weight excluding hydrogens is 208 g/mol. The van der Waals surface area contributed by atoms with Crippen LogP contribution >= 0.6 is 23.8 Å². The topological polar surface area (TPSA) is 55.1 Å². The number of amides is 1. The fourth-order valence-electron chi connectivity index (χ4n) is 0.825. The summed E-state index contributed by atoms with van der Waals surface area (Å²) in [7, 11) is 0. The van der Waals surface area contributed by atoms with E-state index >= 15 is 0 Å². The van der Waals surface area contributed by atoms with Crippen LogP contribution in [0.1, 0.15) is 10.4 Å². The van der Waals surface area contributed by atoms with E-state index in [1.165, 1.54) is 0 Å². The lowest BCUT2D eigenvalue weighted by Gasteiger charge is -2.03. The predicted molar refractivity (Wildman–Crippen MR) is 55.7 cm³/mol. The third-order valence-electron chi connectivity index (χ3n) is 1.36. The van der Waals surface area contributed by atoms with Gasteiger partial charge in [0.1, 0.15) is 0 Å². The van der Waals surface area contributed by atoms with Crippen LogP contribution in [-0.4, -0.2) is 11.0 Å². The number of carbonyl (C=O) groups excluding carboxylic acids is 1. The van der Waals surface area contributed by atoms with Gasteiger partial charge in [-0.2, -0.15) is 0 Å². The van der Waals surface area contributed by atoms with E-state index in [0.29, 0.717) is 10.6 Å². The van der Waals surface area contributed by atoms with Crippen molar-refractivity contribution >= 4 is 34.8 Å². The average molecular weight is 215 g/mol. The van der Waals surface area contributed by atoms with Gasteiger partial charge in [0.2, 0.25) is 0 Å². The number of nitrogens with one attached hydrogen (secondary N) is 1. The van der Waals surface area contributed by atoms with Crippen molar-refractivity contribution in [2.24, 2.45) is 5.73 Å². The maximum absolute atomic E-state index is 11.3. The molecule has 1 rings (SSSR count). The molecular formula is C8H7ClN2OS. The first kappa shape index (κ1) is 9.95. The molecule has 0 aliphatic heterocycles. The third kappa shape index (κ3) is 2.68. The van der Waals surface area contributed by atoms with E-state index in [4.69, 9.17) is 17.3 Å². The number of halogens is 1. The number of hydrogen-bond donors (Lipinski definition) is 2. The Kier molecular flexibility index (Phi) is 3.22. The van der Waals surface area contributed by atoms with Gasteiger partial charge in [0.15, 0.2) is 5.11 Å². The van der Waals surface area contributed by atoms with Crippen molar-refractivity contribution in [1.82, 2.24) is 5.32 Å². The largest absolute Gasteiger partial charge is 0.376 e. The fraction of sp³-hybridized carbons (Fsp3) is 0. The number of carbonyl (C=O) groups is 1. The summed E-state index contributed by atoms with van der Waals surface area (Å²) in [5.74, 6) is -0.391.